The Morgan fingerprint density at radius 1 is 1.56 bits per heavy atom. The summed E-state index contributed by atoms with van der Waals surface area (Å²) in [6.45, 7) is 2.84. The van der Waals surface area contributed by atoms with Crippen molar-refractivity contribution >= 4 is 11.4 Å². The van der Waals surface area contributed by atoms with Gasteiger partial charge in [-0.3, -0.25) is 10.1 Å². The maximum atomic E-state index is 10.7. The van der Waals surface area contributed by atoms with E-state index in [1.54, 1.807) is 6.07 Å². The molecule has 0 aliphatic heterocycles. The van der Waals surface area contributed by atoms with Crippen LogP contribution in [0.25, 0.3) is 0 Å². The van der Waals surface area contributed by atoms with Gasteiger partial charge in [-0.25, -0.2) is 0 Å². The van der Waals surface area contributed by atoms with Crippen LogP contribution < -0.4 is 5.32 Å². The lowest BCUT2D eigenvalue weighted by molar-refractivity contribution is -0.385. The fourth-order valence-electron chi connectivity index (χ4n) is 1.75. The van der Waals surface area contributed by atoms with Crippen LogP contribution in [0.4, 0.5) is 11.4 Å². The number of nitrogens with zero attached hydrogens (tertiary/aromatic N) is 3. The zero-order valence-corrected chi connectivity index (χ0v) is 10.7. The molecule has 1 rings (SSSR count). The molecule has 1 N–H and O–H groups in total. The number of anilines is 1. The van der Waals surface area contributed by atoms with Crippen molar-refractivity contribution < 1.29 is 4.92 Å². The van der Waals surface area contributed by atoms with Crippen molar-refractivity contribution in [3.05, 3.63) is 33.9 Å². The molecule has 0 amide bonds. The minimum Gasteiger partial charge on any atom is -0.381 e. The van der Waals surface area contributed by atoms with E-state index in [-0.39, 0.29) is 17.3 Å². The highest BCUT2D eigenvalue weighted by Gasteiger charge is 2.14. The van der Waals surface area contributed by atoms with E-state index in [2.05, 4.69) is 5.32 Å². The minimum absolute atomic E-state index is 0.0713. The summed E-state index contributed by atoms with van der Waals surface area (Å²) >= 11 is 0. The maximum Gasteiger partial charge on any atom is 0.287 e. The van der Waals surface area contributed by atoms with E-state index in [1.807, 2.05) is 32.0 Å². The standard InChI is InChI=1S/C12H16N4O2/c1-9(8-15(2)3)14-11-4-5-12(16(17)18)10(6-11)7-13/h4-6,9,14H,8H2,1-3H3. The summed E-state index contributed by atoms with van der Waals surface area (Å²) in [5.74, 6) is 0. The largest absolute Gasteiger partial charge is 0.381 e. The van der Waals surface area contributed by atoms with E-state index in [1.165, 1.54) is 12.1 Å². The second-order valence-electron chi connectivity index (χ2n) is 4.41. The van der Waals surface area contributed by atoms with Gasteiger partial charge < -0.3 is 10.2 Å². The Morgan fingerprint density at radius 3 is 2.72 bits per heavy atom. The van der Waals surface area contributed by atoms with Gasteiger partial charge in [-0.1, -0.05) is 0 Å². The Hall–Kier alpha value is -2.13. The van der Waals surface area contributed by atoms with Crippen LogP contribution in [0.3, 0.4) is 0 Å². The first-order chi connectivity index (χ1) is 8.43. The van der Waals surface area contributed by atoms with Gasteiger partial charge in [0.1, 0.15) is 11.6 Å². The van der Waals surface area contributed by atoms with Gasteiger partial charge in [0.05, 0.1) is 4.92 Å². The molecule has 6 heteroatoms. The average Bonchev–Trinajstić information content (AvgIpc) is 2.27. The molecule has 0 radical (unpaired) electrons. The number of nitro benzene ring substituents is 1. The second-order valence-corrected chi connectivity index (χ2v) is 4.41. The summed E-state index contributed by atoms with van der Waals surface area (Å²) in [6.07, 6.45) is 0. The first kappa shape index (κ1) is 13.9. The van der Waals surface area contributed by atoms with Gasteiger partial charge in [0, 0.05) is 24.3 Å². The number of rotatable bonds is 5. The summed E-state index contributed by atoms with van der Waals surface area (Å²) in [4.78, 5) is 12.2. The van der Waals surface area contributed by atoms with Crippen LogP contribution in [0, 0.1) is 21.4 Å². The van der Waals surface area contributed by atoms with Crippen LogP contribution in [0.2, 0.25) is 0 Å². The monoisotopic (exact) mass is 248 g/mol. The number of nitro groups is 1. The molecule has 6 nitrogen and oxygen atoms in total. The zero-order chi connectivity index (χ0) is 13.7. The van der Waals surface area contributed by atoms with Gasteiger partial charge in [0.15, 0.2) is 0 Å². The smallest absolute Gasteiger partial charge is 0.287 e. The van der Waals surface area contributed by atoms with Crippen molar-refractivity contribution in [2.45, 2.75) is 13.0 Å². The number of nitriles is 1. The molecular weight excluding hydrogens is 232 g/mol. The van der Waals surface area contributed by atoms with Gasteiger partial charge >= 0.3 is 0 Å². The lowest BCUT2D eigenvalue weighted by atomic mass is 10.1. The van der Waals surface area contributed by atoms with Crippen LogP contribution >= 0.6 is 0 Å². The summed E-state index contributed by atoms with van der Waals surface area (Å²) in [6, 6.07) is 6.50. The average molecular weight is 248 g/mol. The third-order valence-corrected chi connectivity index (χ3v) is 2.37. The van der Waals surface area contributed by atoms with Crippen molar-refractivity contribution in [2.24, 2.45) is 0 Å². The van der Waals surface area contributed by atoms with Crippen molar-refractivity contribution in [1.29, 1.82) is 5.26 Å². The van der Waals surface area contributed by atoms with Crippen molar-refractivity contribution in [3.8, 4) is 6.07 Å². The first-order valence-electron chi connectivity index (χ1n) is 5.54. The third-order valence-electron chi connectivity index (χ3n) is 2.37. The molecule has 0 aliphatic carbocycles. The molecule has 18 heavy (non-hydrogen) atoms. The molecule has 96 valence electrons. The van der Waals surface area contributed by atoms with Crippen molar-refractivity contribution in [3.63, 3.8) is 0 Å². The van der Waals surface area contributed by atoms with Gasteiger partial charge in [-0.2, -0.15) is 5.26 Å². The Kier molecular flexibility index (Phi) is 4.63. The van der Waals surface area contributed by atoms with Gasteiger partial charge in [-0.15, -0.1) is 0 Å². The molecule has 0 saturated heterocycles. The van der Waals surface area contributed by atoms with E-state index in [4.69, 9.17) is 5.26 Å². The number of hydrogen-bond acceptors (Lipinski definition) is 5. The van der Waals surface area contributed by atoms with Crippen LogP contribution in [0.5, 0.6) is 0 Å². The molecule has 0 spiro atoms. The van der Waals surface area contributed by atoms with Crippen LogP contribution in [0.1, 0.15) is 12.5 Å². The topological polar surface area (TPSA) is 82.2 Å². The lowest BCUT2D eigenvalue weighted by Crippen LogP contribution is -2.29. The first-order valence-corrected chi connectivity index (χ1v) is 5.54. The van der Waals surface area contributed by atoms with Gasteiger partial charge in [0.25, 0.3) is 5.69 Å². The number of likely N-dealkylation sites (N-methyl/N-ethyl adjacent to an activating group) is 1. The molecule has 0 aliphatic rings. The Morgan fingerprint density at radius 2 is 2.22 bits per heavy atom. The molecule has 0 saturated carbocycles. The zero-order valence-electron chi connectivity index (χ0n) is 10.7. The summed E-state index contributed by atoms with van der Waals surface area (Å²) in [5, 5.41) is 22.8. The fraction of sp³-hybridized carbons (Fsp3) is 0.417. The maximum absolute atomic E-state index is 10.7. The third kappa shape index (κ3) is 3.71. The normalized spacial score (nSPS) is 11.9. The highest BCUT2D eigenvalue weighted by Crippen LogP contribution is 2.22. The Labute approximate surface area is 106 Å². The molecule has 1 atom stereocenters. The van der Waals surface area contributed by atoms with Gasteiger partial charge in [-0.05, 0) is 33.2 Å². The van der Waals surface area contributed by atoms with E-state index in [9.17, 15) is 10.1 Å². The number of hydrogen-bond donors (Lipinski definition) is 1. The SMILES string of the molecule is CC(CN(C)C)Nc1ccc([N+](=O)[O-])c(C#N)c1. The molecule has 1 aromatic rings. The van der Waals surface area contributed by atoms with E-state index in [0.29, 0.717) is 5.69 Å². The summed E-state index contributed by atoms with van der Waals surface area (Å²) in [7, 11) is 3.93. The number of benzene rings is 1. The quantitative estimate of drug-likeness (QED) is 0.635. The molecule has 0 heterocycles. The Bertz CT molecular complexity index is 479. The second kappa shape index (κ2) is 5.98. The minimum atomic E-state index is -0.550. The van der Waals surface area contributed by atoms with Crippen LogP contribution in [0.15, 0.2) is 18.2 Å². The van der Waals surface area contributed by atoms with Crippen LogP contribution in [-0.4, -0.2) is 36.5 Å². The predicted octanol–water partition coefficient (Wildman–Crippen LogP) is 1.83. The fourth-order valence-corrected chi connectivity index (χ4v) is 1.75. The van der Waals surface area contributed by atoms with E-state index >= 15 is 0 Å². The highest BCUT2D eigenvalue weighted by molar-refractivity contribution is 5.58. The number of nitrogens with one attached hydrogen (secondary N) is 1. The molecule has 0 bridgehead atoms. The van der Waals surface area contributed by atoms with E-state index < -0.39 is 4.92 Å². The van der Waals surface area contributed by atoms with Crippen LogP contribution in [-0.2, 0) is 0 Å². The predicted molar refractivity (Wildman–Crippen MR) is 69.5 cm³/mol. The van der Waals surface area contributed by atoms with Gasteiger partial charge in [0.2, 0.25) is 0 Å². The van der Waals surface area contributed by atoms with Crippen molar-refractivity contribution in [1.82, 2.24) is 4.90 Å². The Balaban J connectivity index is 2.87. The molecular formula is C12H16N4O2. The molecule has 1 aromatic carbocycles. The summed E-state index contributed by atoms with van der Waals surface area (Å²) in [5.41, 5.74) is 0.622. The molecule has 0 fully saturated rings. The lowest BCUT2D eigenvalue weighted by Gasteiger charge is -2.19. The van der Waals surface area contributed by atoms with Crippen molar-refractivity contribution in [2.75, 3.05) is 26.0 Å². The van der Waals surface area contributed by atoms with E-state index in [0.717, 1.165) is 6.54 Å². The molecule has 0 aromatic heterocycles. The summed E-state index contributed by atoms with van der Waals surface area (Å²) < 4.78 is 0. The molecule has 1 unspecified atom stereocenters. The highest BCUT2D eigenvalue weighted by atomic mass is 16.6.